The maximum atomic E-state index is 12.8. The third kappa shape index (κ3) is 4.74. The van der Waals surface area contributed by atoms with Gasteiger partial charge in [0.15, 0.2) is 0 Å². The Kier molecular flexibility index (Phi) is 6.44. The molecule has 1 aliphatic heterocycles. The van der Waals surface area contributed by atoms with Crippen molar-refractivity contribution in [2.24, 2.45) is 0 Å². The van der Waals surface area contributed by atoms with Crippen molar-refractivity contribution in [3.63, 3.8) is 0 Å². The lowest BCUT2D eigenvalue weighted by atomic mass is 10.1. The van der Waals surface area contributed by atoms with E-state index in [9.17, 15) is 8.42 Å². The van der Waals surface area contributed by atoms with E-state index in [1.54, 1.807) is 37.4 Å². The van der Waals surface area contributed by atoms with Gasteiger partial charge in [-0.2, -0.15) is 0 Å². The molecule has 2 aromatic carbocycles. The van der Waals surface area contributed by atoms with E-state index in [1.165, 1.54) is 6.07 Å². The molecular weight excluding hydrogens is 466 g/mol. The minimum Gasteiger partial charge on any atom is -0.495 e. The topological polar surface area (TPSA) is 70.7 Å². The highest BCUT2D eigenvalue weighted by molar-refractivity contribution is 9.10. The number of piperazine rings is 1. The quantitative estimate of drug-likeness (QED) is 0.663. The average molecular weight is 489 g/mol. The number of nitrogens with zero attached hydrogens (tertiary/aromatic N) is 1. The lowest BCUT2D eigenvalue weighted by Gasteiger charge is -2.38. The Hall–Kier alpha value is -1.48. The summed E-state index contributed by atoms with van der Waals surface area (Å²) < 4.78 is 34.5. The first-order valence-electron chi connectivity index (χ1n) is 8.86. The monoisotopic (exact) mass is 487 g/mol. The van der Waals surface area contributed by atoms with Gasteiger partial charge in [0, 0.05) is 29.6 Å². The van der Waals surface area contributed by atoms with Gasteiger partial charge in [-0.1, -0.05) is 27.5 Å². The Balaban J connectivity index is 1.93. The molecule has 3 rings (SSSR count). The number of rotatable bonds is 5. The van der Waals surface area contributed by atoms with E-state index in [2.05, 4.69) is 44.7 Å². The minimum absolute atomic E-state index is 0.0270. The fourth-order valence-electron chi connectivity index (χ4n) is 3.43. The molecule has 2 N–H and O–H groups in total. The number of ether oxygens (including phenoxy) is 1. The molecule has 0 aliphatic carbocycles. The second-order valence-electron chi connectivity index (χ2n) is 6.94. The fourth-order valence-corrected chi connectivity index (χ4v) is 5.52. The van der Waals surface area contributed by atoms with Crippen LogP contribution in [-0.2, 0) is 10.0 Å². The van der Waals surface area contributed by atoms with Crippen LogP contribution in [0.1, 0.15) is 13.8 Å². The van der Waals surface area contributed by atoms with Crippen molar-refractivity contribution < 1.29 is 13.2 Å². The van der Waals surface area contributed by atoms with Gasteiger partial charge in [0.25, 0.3) is 10.0 Å². The van der Waals surface area contributed by atoms with Gasteiger partial charge < -0.3 is 15.0 Å². The first kappa shape index (κ1) is 21.2. The molecule has 1 fully saturated rings. The van der Waals surface area contributed by atoms with Gasteiger partial charge in [-0.05, 0) is 50.2 Å². The number of nitrogens with one attached hydrogen (secondary N) is 2. The van der Waals surface area contributed by atoms with Crippen LogP contribution in [0.15, 0.2) is 45.8 Å². The SMILES string of the molecule is COc1ccc(NS(=O)(=O)c2ccc(Br)cc2Cl)cc1N1CC(C)NC(C)C1. The first-order valence-corrected chi connectivity index (χ1v) is 11.5. The molecule has 0 bridgehead atoms. The van der Waals surface area contributed by atoms with Gasteiger partial charge in [-0.3, -0.25) is 4.72 Å². The third-order valence-corrected chi connectivity index (χ3v) is 6.87. The van der Waals surface area contributed by atoms with E-state index in [4.69, 9.17) is 16.3 Å². The van der Waals surface area contributed by atoms with E-state index in [-0.39, 0.29) is 9.92 Å². The van der Waals surface area contributed by atoms with E-state index in [1.807, 2.05) is 0 Å². The predicted molar refractivity (Wildman–Crippen MR) is 117 cm³/mol. The van der Waals surface area contributed by atoms with Crippen LogP contribution >= 0.6 is 27.5 Å². The van der Waals surface area contributed by atoms with Crippen LogP contribution in [0, 0.1) is 0 Å². The van der Waals surface area contributed by atoms with Crippen LogP contribution in [0.3, 0.4) is 0 Å². The van der Waals surface area contributed by atoms with Crippen LogP contribution in [0.5, 0.6) is 5.75 Å². The van der Waals surface area contributed by atoms with Crippen molar-refractivity contribution in [2.75, 3.05) is 29.8 Å². The van der Waals surface area contributed by atoms with E-state index < -0.39 is 10.0 Å². The van der Waals surface area contributed by atoms with Crippen molar-refractivity contribution in [1.82, 2.24) is 5.32 Å². The largest absolute Gasteiger partial charge is 0.495 e. The molecule has 2 aromatic rings. The molecular formula is C19H23BrClN3O3S. The highest BCUT2D eigenvalue weighted by Crippen LogP contribution is 2.34. The fraction of sp³-hybridized carbons (Fsp3) is 0.368. The number of benzene rings is 2. The van der Waals surface area contributed by atoms with Crippen molar-refractivity contribution >= 4 is 48.9 Å². The van der Waals surface area contributed by atoms with Crippen LogP contribution in [0.25, 0.3) is 0 Å². The lowest BCUT2D eigenvalue weighted by Crippen LogP contribution is -2.54. The zero-order valence-corrected chi connectivity index (χ0v) is 19.0. The highest BCUT2D eigenvalue weighted by atomic mass is 79.9. The lowest BCUT2D eigenvalue weighted by molar-refractivity contribution is 0.391. The Morgan fingerprint density at radius 2 is 1.86 bits per heavy atom. The summed E-state index contributed by atoms with van der Waals surface area (Å²) in [6.07, 6.45) is 0. The normalized spacial score (nSPS) is 20.1. The summed E-state index contributed by atoms with van der Waals surface area (Å²) >= 11 is 9.41. The molecule has 28 heavy (non-hydrogen) atoms. The van der Waals surface area contributed by atoms with Crippen molar-refractivity contribution in [1.29, 1.82) is 0 Å². The molecule has 0 saturated carbocycles. The van der Waals surface area contributed by atoms with E-state index in [0.717, 1.165) is 18.8 Å². The second-order valence-corrected chi connectivity index (χ2v) is 9.91. The second kappa shape index (κ2) is 8.49. The number of hydrogen-bond donors (Lipinski definition) is 2. The number of sulfonamides is 1. The standard InChI is InChI=1S/C19H23BrClN3O3S/c1-12-10-24(11-13(2)22-12)17-9-15(5-6-18(17)27-3)23-28(25,26)19-7-4-14(20)8-16(19)21/h4-9,12-13,22-23H,10-11H2,1-3H3. The third-order valence-electron chi connectivity index (χ3n) is 4.51. The minimum atomic E-state index is -3.82. The molecule has 2 atom stereocenters. The van der Waals surface area contributed by atoms with Gasteiger partial charge in [-0.15, -0.1) is 0 Å². The molecule has 0 radical (unpaired) electrons. The van der Waals surface area contributed by atoms with Gasteiger partial charge in [0.1, 0.15) is 10.6 Å². The zero-order chi connectivity index (χ0) is 20.5. The molecule has 152 valence electrons. The maximum absolute atomic E-state index is 12.8. The molecule has 0 aromatic heterocycles. The Morgan fingerprint density at radius 3 is 2.46 bits per heavy atom. The summed E-state index contributed by atoms with van der Waals surface area (Å²) in [5.74, 6) is 0.700. The zero-order valence-electron chi connectivity index (χ0n) is 15.9. The van der Waals surface area contributed by atoms with E-state index in [0.29, 0.717) is 28.0 Å². The van der Waals surface area contributed by atoms with Gasteiger partial charge in [0.05, 0.1) is 23.5 Å². The summed E-state index contributed by atoms with van der Waals surface area (Å²) in [4.78, 5) is 2.23. The van der Waals surface area contributed by atoms with Crippen LogP contribution in [-0.4, -0.2) is 40.7 Å². The van der Waals surface area contributed by atoms with Gasteiger partial charge in [-0.25, -0.2) is 8.42 Å². The number of hydrogen-bond acceptors (Lipinski definition) is 5. The first-order chi connectivity index (χ1) is 13.2. The highest BCUT2D eigenvalue weighted by Gasteiger charge is 2.24. The Labute approximate surface area is 179 Å². The maximum Gasteiger partial charge on any atom is 0.263 e. The summed E-state index contributed by atoms with van der Waals surface area (Å²) in [6, 6.07) is 10.6. The molecule has 1 saturated heterocycles. The molecule has 6 nitrogen and oxygen atoms in total. The van der Waals surface area contributed by atoms with Crippen LogP contribution in [0.4, 0.5) is 11.4 Å². The molecule has 9 heteroatoms. The Morgan fingerprint density at radius 1 is 1.18 bits per heavy atom. The van der Waals surface area contributed by atoms with Crippen molar-refractivity contribution in [2.45, 2.75) is 30.8 Å². The Bertz CT molecular complexity index is 961. The van der Waals surface area contributed by atoms with Gasteiger partial charge in [0.2, 0.25) is 0 Å². The smallest absolute Gasteiger partial charge is 0.263 e. The number of anilines is 2. The summed E-state index contributed by atoms with van der Waals surface area (Å²) in [6.45, 7) is 5.85. The summed E-state index contributed by atoms with van der Waals surface area (Å²) in [5.41, 5.74) is 1.30. The summed E-state index contributed by atoms with van der Waals surface area (Å²) in [7, 11) is -2.21. The predicted octanol–water partition coefficient (Wildman–Crippen LogP) is 4.10. The molecule has 0 spiro atoms. The van der Waals surface area contributed by atoms with Crippen LogP contribution in [0.2, 0.25) is 5.02 Å². The molecule has 1 heterocycles. The van der Waals surface area contributed by atoms with Gasteiger partial charge >= 0.3 is 0 Å². The molecule has 1 aliphatic rings. The number of halogens is 2. The molecule has 0 amide bonds. The van der Waals surface area contributed by atoms with E-state index >= 15 is 0 Å². The summed E-state index contributed by atoms with van der Waals surface area (Å²) in [5, 5.41) is 3.64. The van der Waals surface area contributed by atoms with Crippen molar-refractivity contribution in [3.05, 3.63) is 45.9 Å². The average Bonchev–Trinajstić information content (AvgIpc) is 2.60. The van der Waals surface area contributed by atoms with Crippen LogP contribution < -0.4 is 19.7 Å². The molecule has 2 unspecified atom stereocenters. The van der Waals surface area contributed by atoms with Crippen molar-refractivity contribution in [3.8, 4) is 5.75 Å². The number of methoxy groups -OCH3 is 1.